The van der Waals surface area contributed by atoms with E-state index >= 15 is 0 Å². The van der Waals surface area contributed by atoms with Crippen molar-refractivity contribution in [3.05, 3.63) is 15.5 Å². The number of amides is 1. The van der Waals surface area contributed by atoms with Crippen LogP contribution in [-0.4, -0.2) is 10.9 Å². The van der Waals surface area contributed by atoms with E-state index in [0.29, 0.717) is 4.47 Å². The van der Waals surface area contributed by atoms with E-state index in [9.17, 15) is 4.79 Å². The zero-order valence-corrected chi connectivity index (χ0v) is 6.58. The molecule has 10 heavy (non-hydrogen) atoms. The number of carbonyl (C=O) groups is 1. The van der Waals surface area contributed by atoms with Crippen LogP contribution >= 0.6 is 22.9 Å². The van der Waals surface area contributed by atoms with Crippen LogP contribution in [0.4, 0.5) is 0 Å². The van der Waals surface area contributed by atoms with E-state index in [0.717, 1.165) is 4.88 Å². The Morgan fingerprint density at radius 2 is 2.60 bits per heavy atom. The lowest BCUT2D eigenvalue weighted by Crippen LogP contribution is -2.12. The molecule has 1 aromatic heterocycles. The molecular weight excluding hydrogens is 172 g/mol. The summed E-state index contributed by atoms with van der Waals surface area (Å²) in [5, 5.41) is 0. The first kappa shape index (κ1) is 7.50. The molecule has 54 valence electrons. The molecule has 0 aliphatic heterocycles. The van der Waals surface area contributed by atoms with Crippen molar-refractivity contribution in [2.24, 2.45) is 5.73 Å². The lowest BCUT2D eigenvalue weighted by atomic mass is 10.4. The lowest BCUT2D eigenvalue weighted by Gasteiger charge is -1.85. The Morgan fingerprint density at radius 3 is 3.00 bits per heavy atom. The molecule has 1 rings (SSSR count). The van der Waals surface area contributed by atoms with Crippen molar-refractivity contribution >= 4 is 28.8 Å². The van der Waals surface area contributed by atoms with Crippen LogP contribution in [0.15, 0.2) is 6.20 Å². The summed E-state index contributed by atoms with van der Waals surface area (Å²) in [7, 11) is 0. The number of nitrogens with two attached hydrogens (primary N) is 1. The second-order valence-electron chi connectivity index (χ2n) is 1.72. The van der Waals surface area contributed by atoms with Crippen LogP contribution in [0.5, 0.6) is 0 Å². The van der Waals surface area contributed by atoms with Crippen LogP contribution < -0.4 is 5.73 Å². The van der Waals surface area contributed by atoms with Gasteiger partial charge in [-0.25, -0.2) is 4.98 Å². The minimum atomic E-state index is -0.361. The molecule has 3 nitrogen and oxygen atoms in total. The molecule has 5 heteroatoms. The van der Waals surface area contributed by atoms with Gasteiger partial charge in [0.1, 0.15) is 0 Å². The van der Waals surface area contributed by atoms with E-state index in [1.165, 1.54) is 11.3 Å². The standard InChI is InChI=1S/C5H5ClN2OS/c6-5-8-2-3(10-5)1-4(7)9/h2H,1H2,(H2,7,9). The number of nitrogens with zero attached hydrogens (tertiary/aromatic N) is 1. The quantitative estimate of drug-likeness (QED) is 0.726. The molecular formula is C5H5ClN2OS. The van der Waals surface area contributed by atoms with Crippen molar-refractivity contribution in [2.45, 2.75) is 6.42 Å². The summed E-state index contributed by atoms with van der Waals surface area (Å²) in [6.45, 7) is 0. The molecule has 0 spiro atoms. The number of hydrogen-bond acceptors (Lipinski definition) is 3. The van der Waals surface area contributed by atoms with E-state index in [1.54, 1.807) is 6.20 Å². The van der Waals surface area contributed by atoms with Crippen molar-refractivity contribution in [1.29, 1.82) is 0 Å². The van der Waals surface area contributed by atoms with Crippen molar-refractivity contribution in [3.8, 4) is 0 Å². The van der Waals surface area contributed by atoms with Gasteiger partial charge < -0.3 is 5.73 Å². The van der Waals surface area contributed by atoms with Gasteiger partial charge in [0.25, 0.3) is 0 Å². The lowest BCUT2D eigenvalue weighted by molar-refractivity contribution is -0.117. The van der Waals surface area contributed by atoms with Gasteiger partial charge in [0, 0.05) is 11.1 Å². The smallest absolute Gasteiger partial charge is 0.222 e. The molecule has 0 atom stereocenters. The average molecular weight is 177 g/mol. The minimum absolute atomic E-state index is 0.227. The molecule has 0 unspecified atom stereocenters. The molecule has 1 aromatic rings. The monoisotopic (exact) mass is 176 g/mol. The normalized spacial score (nSPS) is 9.70. The SMILES string of the molecule is NC(=O)Cc1cnc(Cl)s1. The fraction of sp³-hybridized carbons (Fsp3) is 0.200. The third kappa shape index (κ3) is 1.97. The van der Waals surface area contributed by atoms with Gasteiger partial charge in [0.15, 0.2) is 4.47 Å². The first-order valence-corrected chi connectivity index (χ1v) is 3.76. The van der Waals surface area contributed by atoms with Gasteiger partial charge in [0.2, 0.25) is 5.91 Å². The van der Waals surface area contributed by atoms with E-state index in [-0.39, 0.29) is 12.3 Å². The summed E-state index contributed by atoms with van der Waals surface area (Å²) < 4.78 is 0.441. The van der Waals surface area contributed by atoms with Gasteiger partial charge in [-0.15, -0.1) is 11.3 Å². The molecule has 0 bridgehead atoms. The molecule has 1 heterocycles. The van der Waals surface area contributed by atoms with E-state index < -0.39 is 0 Å². The molecule has 1 amide bonds. The largest absolute Gasteiger partial charge is 0.369 e. The number of primary amides is 1. The highest BCUT2D eigenvalue weighted by Crippen LogP contribution is 2.17. The number of hydrogen-bond donors (Lipinski definition) is 1. The Hall–Kier alpha value is -0.610. The van der Waals surface area contributed by atoms with Gasteiger partial charge in [-0.1, -0.05) is 11.6 Å². The maximum atomic E-state index is 10.3. The van der Waals surface area contributed by atoms with Crippen LogP contribution in [0, 0.1) is 0 Å². The third-order valence-electron chi connectivity index (χ3n) is 0.874. The highest BCUT2D eigenvalue weighted by Gasteiger charge is 2.01. The molecule has 0 saturated heterocycles. The van der Waals surface area contributed by atoms with Gasteiger partial charge in [-0.2, -0.15) is 0 Å². The number of thiazole rings is 1. The van der Waals surface area contributed by atoms with Gasteiger partial charge >= 0.3 is 0 Å². The Kier molecular flexibility index (Phi) is 2.24. The Bertz CT molecular complexity index is 248. The zero-order chi connectivity index (χ0) is 7.56. The van der Waals surface area contributed by atoms with Crippen molar-refractivity contribution in [1.82, 2.24) is 4.98 Å². The highest BCUT2D eigenvalue weighted by molar-refractivity contribution is 7.15. The third-order valence-corrected chi connectivity index (χ3v) is 1.99. The second-order valence-corrected chi connectivity index (χ2v) is 3.42. The Balaban J connectivity index is 2.67. The molecule has 0 radical (unpaired) electrons. The first-order valence-electron chi connectivity index (χ1n) is 2.57. The topological polar surface area (TPSA) is 56.0 Å². The fourth-order valence-corrected chi connectivity index (χ4v) is 1.52. The Morgan fingerprint density at radius 1 is 1.90 bits per heavy atom. The molecule has 0 fully saturated rings. The fourth-order valence-electron chi connectivity index (χ4n) is 0.537. The van der Waals surface area contributed by atoms with E-state index in [1.807, 2.05) is 0 Å². The number of aromatic nitrogens is 1. The predicted octanol–water partition coefficient (Wildman–Crippen LogP) is 0.824. The van der Waals surface area contributed by atoms with E-state index in [2.05, 4.69) is 4.98 Å². The van der Waals surface area contributed by atoms with Crippen LogP contribution in [-0.2, 0) is 11.2 Å². The number of halogens is 1. The van der Waals surface area contributed by atoms with Crippen LogP contribution in [0.2, 0.25) is 4.47 Å². The summed E-state index contributed by atoms with van der Waals surface area (Å²) in [5.41, 5.74) is 4.93. The van der Waals surface area contributed by atoms with Crippen LogP contribution in [0.25, 0.3) is 0 Å². The summed E-state index contributed by atoms with van der Waals surface area (Å²) in [5.74, 6) is -0.361. The number of rotatable bonds is 2. The highest BCUT2D eigenvalue weighted by atomic mass is 35.5. The van der Waals surface area contributed by atoms with Crippen molar-refractivity contribution in [2.75, 3.05) is 0 Å². The summed E-state index contributed by atoms with van der Waals surface area (Å²) in [6, 6.07) is 0. The van der Waals surface area contributed by atoms with Gasteiger partial charge in [-0.05, 0) is 0 Å². The van der Waals surface area contributed by atoms with E-state index in [4.69, 9.17) is 17.3 Å². The van der Waals surface area contributed by atoms with Crippen LogP contribution in [0.3, 0.4) is 0 Å². The summed E-state index contributed by atoms with van der Waals surface area (Å²) in [4.78, 5) is 14.9. The molecule has 0 aromatic carbocycles. The minimum Gasteiger partial charge on any atom is -0.369 e. The second kappa shape index (κ2) is 2.98. The van der Waals surface area contributed by atoms with Gasteiger partial charge in [-0.3, -0.25) is 4.79 Å². The molecule has 2 N–H and O–H groups in total. The predicted molar refractivity (Wildman–Crippen MR) is 40.0 cm³/mol. The summed E-state index contributed by atoms with van der Waals surface area (Å²) >= 11 is 6.77. The average Bonchev–Trinajstić information content (AvgIpc) is 2.13. The Labute approximate surface area is 66.8 Å². The zero-order valence-electron chi connectivity index (χ0n) is 5.00. The molecule has 0 aliphatic rings. The van der Waals surface area contributed by atoms with Crippen molar-refractivity contribution < 1.29 is 4.79 Å². The van der Waals surface area contributed by atoms with Crippen LogP contribution in [0.1, 0.15) is 4.88 Å². The first-order chi connectivity index (χ1) is 4.68. The number of carbonyl (C=O) groups excluding carboxylic acids is 1. The molecule has 0 saturated carbocycles. The maximum absolute atomic E-state index is 10.3. The summed E-state index contributed by atoms with van der Waals surface area (Å²) in [6.07, 6.45) is 1.78. The maximum Gasteiger partial charge on any atom is 0.222 e. The molecule has 0 aliphatic carbocycles. The van der Waals surface area contributed by atoms with Gasteiger partial charge in [0.05, 0.1) is 6.42 Å². The van der Waals surface area contributed by atoms with Crippen molar-refractivity contribution in [3.63, 3.8) is 0 Å².